The summed E-state index contributed by atoms with van der Waals surface area (Å²) in [5.41, 5.74) is 0. The zero-order valence-electron chi connectivity index (χ0n) is 5.76. The third-order valence-corrected chi connectivity index (χ3v) is 1.29. The van der Waals surface area contributed by atoms with Crippen LogP contribution < -0.4 is 0 Å². The van der Waals surface area contributed by atoms with E-state index < -0.39 is 0 Å². The van der Waals surface area contributed by atoms with Crippen molar-refractivity contribution in [1.29, 1.82) is 0 Å². The highest BCUT2D eigenvalue weighted by Gasteiger charge is 2.03. The Balaban J connectivity index is 3.34. The van der Waals surface area contributed by atoms with Gasteiger partial charge in [0, 0.05) is 0 Å². The normalized spacial score (nSPS) is 12.8. The molecule has 3 heteroatoms. The van der Waals surface area contributed by atoms with Gasteiger partial charge in [-0.1, -0.05) is 6.92 Å². The first kappa shape index (κ1) is 8.82. The van der Waals surface area contributed by atoms with Crippen LogP contribution in [0.1, 0.15) is 20.3 Å². The van der Waals surface area contributed by atoms with Crippen molar-refractivity contribution in [3.63, 3.8) is 0 Å². The molecule has 0 aliphatic heterocycles. The fraction of sp³-hybridized carbons (Fsp3) is 0.833. The van der Waals surface area contributed by atoms with Crippen LogP contribution in [0.5, 0.6) is 0 Å². The van der Waals surface area contributed by atoms with E-state index in [1.165, 1.54) is 0 Å². The van der Waals surface area contributed by atoms with Crippen molar-refractivity contribution < 1.29 is 9.53 Å². The zero-order valence-corrected chi connectivity index (χ0v) is 6.65. The summed E-state index contributed by atoms with van der Waals surface area (Å²) in [6, 6.07) is 0. The average molecular weight is 148 g/mol. The summed E-state index contributed by atoms with van der Waals surface area (Å²) in [6.07, 6.45) is 0.893. The van der Waals surface area contributed by atoms with E-state index in [1.807, 2.05) is 13.8 Å². The maximum absolute atomic E-state index is 10.5. The molecule has 0 spiro atoms. The van der Waals surface area contributed by atoms with E-state index in [2.05, 4.69) is 12.6 Å². The lowest BCUT2D eigenvalue weighted by molar-refractivity contribution is -0.144. The highest BCUT2D eigenvalue weighted by molar-refractivity contribution is 7.81. The van der Waals surface area contributed by atoms with E-state index in [9.17, 15) is 4.79 Å². The Morgan fingerprint density at radius 2 is 2.33 bits per heavy atom. The molecule has 0 N–H and O–H groups in total. The van der Waals surface area contributed by atoms with Crippen LogP contribution in [0.25, 0.3) is 0 Å². The molecule has 9 heavy (non-hydrogen) atoms. The summed E-state index contributed by atoms with van der Waals surface area (Å²) >= 11 is 3.75. The van der Waals surface area contributed by atoms with E-state index in [0.29, 0.717) is 0 Å². The fourth-order valence-electron chi connectivity index (χ4n) is 0.345. The topological polar surface area (TPSA) is 26.3 Å². The van der Waals surface area contributed by atoms with Crippen LogP contribution in [-0.2, 0) is 9.53 Å². The number of carbonyl (C=O) groups excluding carboxylic acids is 1. The molecule has 2 nitrogen and oxygen atoms in total. The Bertz CT molecular complexity index is 93.1. The van der Waals surface area contributed by atoms with Gasteiger partial charge in [-0.05, 0) is 13.3 Å². The summed E-state index contributed by atoms with van der Waals surface area (Å²) in [5, 5.41) is 0. The Hall–Kier alpha value is -0.180. The van der Waals surface area contributed by atoms with Gasteiger partial charge < -0.3 is 4.74 Å². The Labute approximate surface area is 61.0 Å². The van der Waals surface area contributed by atoms with Gasteiger partial charge in [0.15, 0.2) is 0 Å². The summed E-state index contributed by atoms with van der Waals surface area (Å²) in [4.78, 5) is 10.5. The van der Waals surface area contributed by atoms with Gasteiger partial charge in [-0.25, -0.2) is 0 Å². The second-order valence-corrected chi connectivity index (χ2v) is 2.18. The van der Waals surface area contributed by atoms with E-state index in [1.54, 1.807) is 0 Å². The molecule has 0 aliphatic carbocycles. The minimum Gasteiger partial charge on any atom is -0.462 e. The standard InChI is InChI=1S/C6H12O2S/c1-3-5(2)8-6(7)4-9/h5,9H,3-4H2,1-2H3. The monoisotopic (exact) mass is 148 g/mol. The lowest BCUT2D eigenvalue weighted by Gasteiger charge is -2.08. The van der Waals surface area contributed by atoms with Crippen molar-refractivity contribution in [1.82, 2.24) is 0 Å². The lowest BCUT2D eigenvalue weighted by Crippen LogP contribution is -2.14. The first-order valence-corrected chi connectivity index (χ1v) is 3.64. The third kappa shape index (κ3) is 4.33. The maximum atomic E-state index is 10.5. The quantitative estimate of drug-likeness (QED) is 0.481. The highest BCUT2D eigenvalue weighted by Crippen LogP contribution is 1.96. The molecule has 54 valence electrons. The van der Waals surface area contributed by atoms with Crippen LogP contribution in [0.15, 0.2) is 0 Å². The molecule has 0 radical (unpaired) electrons. The fourth-order valence-corrected chi connectivity index (χ4v) is 0.420. The summed E-state index contributed by atoms with van der Waals surface area (Å²) in [6.45, 7) is 3.83. The van der Waals surface area contributed by atoms with Gasteiger partial charge in [-0.3, -0.25) is 4.79 Å². The van der Waals surface area contributed by atoms with Gasteiger partial charge in [0.25, 0.3) is 0 Å². The molecule has 0 heterocycles. The third-order valence-electron chi connectivity index (χ3n) is 1.04. The molecule has 0 saturated carbocycles. The molecule has 0 rings (SSSR count). The van der Waals surface area contributed by atoms with Gasteiger partial charge in [0.1, 0.15) is 0 Å². The molecule has 1 atom stereocenters. The predicted octanol–water partition coefficient (Wildman–Crippen LogP) is 1.26. The SMILES string of the molecule is CCC(C)OC(=O)CS. The lowest BCUT2D eigenvalue weighted by atomic mass is 10.3. The predicted molar refractivity (Wildman–Crippen MR) is 39.7 cm³/mol. The number of hydrogen-bond acceptors (Lipinski definition) is 3. The van der Waals surface area contributed by atoms with Crippen LogP contribution in [0.3, 0.4) is 0 Å². The van der Waals surface area contributed by atoms with Crippen molar-refractivity contribution in [3.05, 3.63) is 0 Å². The van der Waals surface area contributed by atoms with Gasteiger partial charge in [-0.15, -0.1) is 0 Å². The summed E-state index contributed by atoms with van der Waals surface area (Å²) in [5.74, 6) is -0.0719. The molecular weight excluding hydrogens is 136 g/mol. The van der Waals surface area contributed by atoms with E-state index in [-0.39, 0.29) is 17.8 Å². The van der Waals surface area contributed by atoms with Gasteiger partial charge in [0.2, 0.25) is 0 Å². The second-order valence-electron chi connectivity index (χ2n) is 1.87. The molecule has 0 amide bonds. The van der Waals surface area contributed by atoms with Crippen molar-refractivity contribution >= 4 is 18.6 Å². The van der Waals surface area contributed by atoms with E-state index in [0.717, 1.165) is 6.42 Å². The van der Waals surface area contributed by atoms with Crippen LogP contribution >= 0.6 is 12.6 Å². The zero-order chi connectivity index (χ0) is 7.28. The first-order valence-electron chi connectivity index (χ1n) is 3.01. The molecule has 0 fully saturated rings. The second kappa shape index (κ2) is 4.68. The molecule has 0 saturated heterocycles. The smallest absolute Gasteiger partial charge is 0.315 e. The van der Waals surface area contributed by atoms with Crippen molar-refractivity contribution in [3.8, 4) is 0 Å². The van der Waals surface area contributed by atoms with Crippen LogP contribution in [-0.4, -0.2) is 17.8 Å². The number of ether oxygens (including phenoxy) is 1. The average Bonchev–Trinajstić information content (AvgIpc) is 1.87. The largest absolute Gasteiger partial charge is 0.462 e. The van der Waals surface area contributed by atoms with Crippen molar-refractivity contribution in [2.45, 2.75) is 26.4 Å². The van der Waals surface area contributed by atoms with Crippen molar-refractivity contribution in [2.24, 2.45) is 0 Å². The Morgan fingerprint density at radius 1 is 1.78 bits per heavy atom. The molecule has 0 aromatic carbocycles. The van der Waals surface area contributed by atoms with Crippen molar-refractivity contribution in [2.75, 3.05) is 5.75 Å². The van der Waals surface area contributed by atoms with Gasteiger partial charge >= 0.3 is 5.97 Å². The molecule has 0 aromatic rings. The minimum absolute atomic E-state index is 0.0321. The van der Waals surface area contributed by atoms with Crippen LogP contribution in [0.4, 0.5) is 0 Å². The molecule has 0 aliphatic rings. The van der Waals surface area contributed by atoms with E-state index in [4.69, 9.17) is 4.74 Å². The molecule has 1 unspecified atom stereocenters. The number of hydrogen-bond donors (Lipinski definition) is 1. The van der Waals surface area contributed by atoms with Gasteiger partial charge in [0.05, 0.1) is 11.9 Å². The molecule has 0 aromatic heterocycles. The maximum Gasteiger partial charge on any atom is 0.315 e. The molecular formula is C6H12O2S. The summed E-state index contributed by atoms with van der Waals surface area (Å²) in [7, 11) is 0. The Kier molecular flexibility index (Phi) is 4.58. The number of thiol groups is 1. The van der Waals surface area contributed by atoms with E-state index >= 15 is 0 Å². The first-order chi connectivity index (χ1) is 4.20. The van der Waals surface area contributed by atoms with Crippen LogP contribution in [0, 0.1) is 0 Å². The Morgan fingerprint density at radius 3 is 2.67 bits per heavy atom. The highest BCUT2D eigenvalue weighted by atomic mass is 32.1. The minimum atomic E-state index is -0.243. The molecule has 0 bridgehead atoms. The number of rotatable bonds is 3. The van der Waals surface area contributed by atoms with Gasteiger partial charge in [-0.2, -0.15) is 12.6 Å². The number of esters is 1. The summed E-state index contributed by atoms with van der Waals surface area (Å²) < 4.78 is 4.83. The number of carbonyl (C=O) groups is 1. The van der Waals surface area contributed by atoms with Crippen LogP contribution in [0.2, 0.25) is 0 Å².